The maximum absolute atomic E-state index is 12.6. The summed E-state index contributed by atoms with van der Waals surface area (Å²) in [5.74, 6) is 1.27. The van der Waals surface area contributed by atoms with Crippen LogP contribution in [0.25, 0.3) is 10.9 Å². The smallest absolute Gasteiger partial charge is 0.226 e. The number of hydrogen-bond acceptors (Lipinski definition) is 3. The number of rotatable bonds is 3. The van der Waals surface area contributed by atoms with E-state index in [0.29, 0.717) is 12.5 Å². The molecule has 1 fully saturated rings. The Labute approximate surface area is 142 Å². The predicted molar refractivity (Wildman–Crippen MR) is 93.8 cm³/mol. The summed E-state index contributed by atoms with van der Waals surface area (Å²) >= 11 is 0. The molecule has 2 aromatic rings. The number of carbonyl (C=O) groups is 1. The zero-order chi connectivity index (χ0) is 16.4. The van der Waals surface area contributed by atoms with Gasteiger partial charge in [-0.1, -0.05) is 30.4 Å². The molecule has 2 heterocycles. The highest BCUT2D eigenvalue weighted by molar-refractivity contribution is 5.84. The van der Waals surface area contributed by atoms with Crippen LogP contribution in [0.2, 0.25) is 0 Å². The summed E-state index contributed by atoms with van der Waals surface area (Å²) in [6.07, 6.45) is 9.92. The number of amides is 1. The highest BCUT2D eigenvalue weighted by atomic mass is 16.5. The number of pyridine rings is 1. The maximum atomic E-state index is 12.6. The van der Waals surface area contributed by atoms with Gasteiger partial charge < -0.3 is 9.64 Å². The summed E-state index contributed by atoms with van der Waals surface area (Å²) in [6, 6.07) is 9.96. The lowest BCUT2D eigenvalue weighted by molar-refractivity contribution is -0.135. The van der Waals surface area contributed by atoms with Crippen LogP contribution in [0.3, 0.4) is 0 Å². The zero-order valence-electron chi connectivity index (χ0n) is 13.7. The van der Waals surface area contributed by atoms with E-state index in [4.69, 9.17) is 4.74 Å². The number of fused-ring (bicyclic) bond motifs is 1. The standard InChI is InChI=1S/C20H22N2O2/c23-20(16-6-2-1-3-7-16)22-13-11-17(14-22)24-18-10-4-8-15-9-5-12-21-19(15)18/h1-2,4-5,8-10,12,16-17H,3,6-7,11,13-14H2/t16-,17-/m1/s1. The Balaban J connectivity index is 1.43. The van der Waals surface area contributed by atoms with Crippen LogP contribution in [0.5, 0.6) is 5.75 Å². The fraction of sp³-hybridized carbons (Fsp3) is 0.400. The first-order chi connectivity index (χ1) is 11.8. The monoisotopic (exact) mass is 322 g/mol. The van der Waals surface area contributed by atoms with Crippen molar-refractivity contribution in [2.24, 2.45) is 5.92 Å². The summed E-state index contributed by atoms with van der Waals surface area (Å²) in [5.41, 5.74) is 0.891. The average Bonchev–Trinajstić information content (AvgIpc) is 3.11. The molecule has 0 radical (unpaired) electrons. The van der Waals surface area contributed by atoms with Gasteiger partial charge in [0.1, 0.15) is 17.4 Å². The number of ether oxygens (including phenoxy) is 1. The summed E-state index contributed by atoms with van der Waals surface area (Å²) in [6.45, 7) is 1.48. The summed E-state index contributed by atoms with van der Waals surface area (Å²) < 4.78 is 6.19. The van der Waals surface area contributed by atoms with Crippen molar-refractivity contribution >= 4 is 16.8 Å². The molecule has 0 N–H and O–H groups in total. The number of nitrogens with zero attached hydrogens (tertiary/aromatic N) is 2. The molecule has 1 saturated heterocycles. The molecule has 1 aromatic carbocycles. The van der Waals surface area contributed by atoms with Crippen molar-refractivity contribution in [2.45, 2.75) is 31.8 Å². The van der Waals surface area contributed by atoms with Crippen LogP contribution in [0.1, 0.15) is 25.7 Å². The van der Waals surface area contributed by atoms with Gasteiger partial charge in [0.25, 0.3) is 0 Å². The number of para-hydroxylation sites is 1. The van der Waals surface area contributed by atoms with Gasteiger partial charge in [0, 0.05) is 30.5 Å². The second-order valence-electron chi connectivity index (χ2n) is 6.63. The van der Waals surface area contributed by atoms with Gasteiger partial charge in [0.15, 0.2) is 0 Å². The normalized spacial score (nSPS) is 23.6. The molecule has 2 atom stereocenters. The minimum absolute atomic E-state index is 0.0562. The Hall–Kier alpha value is -2.36. The van der Waals surface area contributed by atoms with Crippen molar-refractivity contribution in [1.29, 1.82) is 0 Å². The Morgan fingerprint density at radius 1 is 1.17 bits per heavy atom. The molecule has 124 valence electrons. The molecule has 0 bridgehead atoms. The zero-order valence-corrected chi connectivity index (χ0v) is 13.7. The molecule has 0 spiro atoms. The van der Waals surface area contributed by atoms with Gasteiger partial charge in [-0.2, -0.15) is 0 Å². The van der Waals surface area contributed by atoms with Crippen LogP contribution in [-0.4, -0.2) is 35.0 Å². The molecular formula is C20H22N2O2. The molecule has 1 amide bonds. The van der Waals surface area contributed by atoms with Crippen LogP contribution in [-0.2, 0) is 4.79 Å². The van der Waals surface area contributed by atoms with Crippen molar-refractivity contribution in [3.63, 3.8) is 0 Å². The van der Waals surface area contributed by atoms with E-state index in [9.17, 15) is 4.79 Å². The van der Waals surface area contributed by atoms with Gasteiger partial charge in [-0.25, -0.2) is 0 Å². The molecule has 0 unspecified atom stereocenters. The number of benzene rings is 1. The third-order valence-electron chi connectivity index (χ3n) is 4.96. The van der Waals surface area contributed by atoms with Gasteiger partial charge in [-0.15, -0.1) is 0 Å². The molecule has 0 saturated carbocycles. The van der Waals surface area contributed by atoms with Crippen LogP contribution in [0.4, 0.5) is 0 Å². The number of allylic oxidation sites excluding steroid dienone is 2. The molecule has 4 heteroatoms. The molecular weight excluding hydrogens is 300 g/mol. The Bertz CT molecular complexity index is 766. The number of likely N-dealkylation sites (tertiary alicyclic amines) is 1. The van der Waals surface area contributed by atoms with Crippen LogP contribution < -0.4 is 4.74 Å². The largest absolute Gasteiger partial charge is 0.486 e. The first-order valence-corrected chi connectivity index (χ1v) is 8.75. The third-order valence-corrected chi connectivity index (χ3v) is 4.96. The molecule has 4 nitrogen and oxygen atoms in total. The lowest BCUT2D eigenvalue weighted by Crippen LogP contribution is -2.36. The van der Waals surface area contributed by atoms with E-state index in [1.807, 2.05) is 35.2 Å². The van der Waals surface area contributed by atoms with Crippen molar-refractivity contribution in [2.75, 3.05) is 13.1 Å². The minimum Gasteiger partial charge on any atom is -0.486 e. The average molecular weight is 322 g/mol. The number of aromatic nitrogens is 1. The van der Waals surface area contributed by atoms with Gasteiger partial charge >= 0.3 is 0 Å². The number of carbonyl (C=O) groups excluding carboxylic acids is 1. The molecule has 2 aliphatic rings. The first kappa shape index (κ1) is 15.2. The molecule has 1 aromatic heterocycles. The van der Waals surface area contributed by atoms with Gasteiger partial charge in [-0.3, -0.25) is 9.78 Å². The van der Waals surface area contributed by atoms with Crippen molar-refractivity contribution in [3.8, 4) is 5.75 Å². The second-order valence-corrected chi connectivity index (χ2v) is 6.63. The van der Waals surface area contributed by atoms with E-state index in [1.54, 1.807) is 6.20 Å². The molecule has 4 rings (SSSR count). The lowest BCUT2D eigenvalue weighted by atomic mass is 9.93. The quantitative estimate of drug-likeness (QED) is 0.811. The second kappa shape index (κ2) is 6.63. The fourth-order valence-corrected chi connectivity index (χ4v) is 3.65. The highest BCUT2D eigenvalue weighted by Crippen LogP contribution is 2.28. The topological polar surface area (TPSA) is 42.4 Å². The van der Waals surface area contributed by atoms with Gasteiger partial charge in [-0.05, 0) is 31.4 Å². The first-order valence-electron chi connectivity index (χ1n) is 8.75. The van der Waals surface area contributed by atoms with E-state index in [2.05, 4.69) is 17.1 Å². The Kier molecular flexibility index (Phi) is 4.20. The molecule has 1 aliphatic carbocycles. The molecule has 1 aliphatic heterocycles. The van der Waals surface area contributed by atoms with Crippen molar-refractivity contribution in [1.82, 2.24) is 9.88 Å². The Morgan fingerprint density at radius 3 is 2.96 bits per heavy atom. The van der Waals surface area contributed by atoms with Crippen LogP contribution in [0, 0.1) is 5.92 Å². The summed E-state index contributed by atoms with van der Waals surface area (Å²) in [7, 11) is 0. The fourth-order valence-electron chi connectivity index (χ4n) is 3.65. The maximum Gasteiger partial charge on any atom is 0.226 e. The van der Waals surface area contributed by atoms with E-state index >= 15 is 0 Å². The van der Waals surface area contributed by atoms with Crippen molar-refractivity contribution in [3.05, 3.63) is 48.7 Å². The summed E-state index contributed by atoms with van der Waals surface area (Å²) in [5, 5.41) is 1.08. The van der Waals surface area contributed by atoms with E-state index in [1.165, 1.54) is 0 Å². The van der Waals surface area contributed by atoms with Gasteiger partial charge in [0.05, 0.1) is 6.54 Å². The van der Waals surface area contributed by atoms with Crippen molar-refractivity contribution < 1.29 is 9.53 Å². The highest BCUT2D eigenvalue weighted by Gasteiger charge is 2.31. The van der Waals surface area contributed by atoms with Crippen LogP contribution in [0.15, 0.2) is 48.7 Å². The van der Waals surface area contributed by atoms with E-state index < -0.39 is 0 Å². The SMILES string of the molecule is O=C([C@@H]1CC=CCC1)N1CC[C@@H](Oc2cccc3cccnc23)C1. The summed E-state index contributed by atoms with van der Waals surface area (Å²) in [4.78, 5) is 19.1. The lowest BCUT2D eigenvalue weighted by Gasteiger charge is -2.24. The Morgan fingerprint density at radius 2 is 2.08 bits per heavy atom. The van der Waals surface area contributed by atoms with E-state index in [-0.39, 0.29) is 12.0 Å². The third kappa shape index (κ3) is 3.01. The number of hydrogen-bond donors (Lipinski definition) is 0. The predicted octanol–water partition coefficient (Wildman–Crippen LogP) is 3.57. The van der Waals surface area contributed by atoms with E-state index in [0.717, 1.165) is 48.9 Å². The minimum atomic E-state index is 0.0562. The van der Waals surface area contributed by atoms with Gasteiger partial charge in [0.2, 0.25) is 5.91 Å². The van der Waals surface area contributed by atoms with Crippen LogP contribution >= 0.6 is 0 Å². The molecule has 24 heavy (non-hydrogen) atoms.